The minimum absolute atomic E-state index is 0.00552. The van der Waals surface area contributed by atoms with Crippen LogP contribution in [0.2, 0.25) is 0 Å². The quantitative estimate of drug-likeness (QED) is 0.777. The van der Waals surface area contributed by atoms with Crippen molar-refractivity contribution in [3.8, 4) is 0 Å². The van der Waals surface area contributed by atoms with Gasteiger partial charge in [0.15, 0.2) is 0 Å². The molecule has 0 saturated carbocycles. The molecule has 3 rings (SSSR count). The molecule has 0 aliphatic carbocycles. The largest absolute Gasteiger partial charge is 0.352 e. The van der Waals surface area contributed by atoms with Gasteiger partial charge >= 0.3 is 6.03 Å². The van der Waals surface area contributed by atoms with Crippen molar-refractivity contribution in [3.05, 3.63) is 48.2 Å². The van der Waals surface area contributed by atoms with Crippen molar-refractivity contribution in [3.63, 3.8) is 0 Å². The van der Waals surface area contributed by atoms with Crippen LogP contribution in [-0.4, -0.2) is 50.0 Å². The first-order valence-corrected chi connectivity index (χ1v) is 11.4. The minimum Gasteiger partial charge on any atom is -0.352 e. The number of rotatable bonds is 3. The number of carbonyl (C=O) groups excluding carboxylic acids is 1. The predicted octanol–water partition coefficient (Wildman–Crippen LogP) is 2.77. The first kappa shape index (κ1) is 22.0. The Morgan fingerprint density at radius 3 is 2.40 bits per heavy atom. The van der Waals surface area contributed by atoms with Crippen molar-refractivity contribution < 1.29 is 13.2 Å². The standard InChI is InChI=1S/C21H29N5O3S/c1-15-14-25(19-18(30(22,28)29)6-5-11-23-19)12-13-26(15)20(27)24-17-9-7-16(8-10-17)21(2,3)4/h5-11,15H,12-14H2,1-4H3,(H,24,27)(H2,22,28,29). The van der Waals surface area contributed by atoms with Gasteiger partial charge in [-0.05, 0) is 42.2 Å². The number of hydrogen-bond acceptors (Lipinski definition) is 5. The number of benzene rings is 1. The number of nitrogens with two attached hydrogens (primary N) is 1. The molecule has 1 aromatic carbocycles. The van der Waals surface area contributed by atoms with E-state index in [1.54, 1.807) is 11.0 Å². The Morgan fingerprint density at radius 2 is 1.83 bits per heavy atom. The average molecular weight is 432 g/mol. The molecule has 1 fully saturated rings. The Morgan fingerprint density at radius 1 is 1.17 bits per heavy atom. The van der Waals surface area contributed by atoms with Crippen LogP contribution >= 0.6 is 0 Å². The summed E-state index contributed by atoms with van der Waals surface area (Å²) in [6.45, 7) is 9.71. The molecule has 8 nitrogen and oxygen atoms in total. The second kappa shape index (κ2) is 8.23. The topological polar surface area (TPSA) is 109 Å². The Kier molecular flexibility index (Phi) is 6.05. The van der Waals surface area contributed by atoms with E-state index in [1.165, 1.54) is 17.8 Å². The summed E-state index contributed by atoms with van der Waals surface area (Å²) in [6, 6.07) is 10.5. The van der Waals surface area contributed by atoms with E-state index < -0.39 is 10.0 Å². The van der Waals surface area contributed by atoms with Crippen molar-refractivity contribution in [1.29, 1.82) is 0 Å². The van der Waals surface area contributed by atoms with Crippen LogP contribution in [0.1, 0.15) is 33.3 Å². The normalized spacial score (nSPS) is 17.7. The Bertz CT molecular complexity index is 1020. The van der Waals surface area contributed by atoms with Gasteiger partial charge in [-0.3, -0.25) is 0 Å². The van der Waals surface area contributed by atoms with Crippen molar-refractivity contribution in [2.45, 2.75) is 44.0 Å². The smallest absolute Gasteiger partial charge is 0.322 e. The number of amides is 2. The van der Waals surface area contributed by atoms with Crippen LogP contribution in [0.3, 0.4) is 0 Å². The molecular weight excluding hydrogens is 402 g/mol. The lowest BCUT2D eigenvalue weighted by Gasteiger charge is -2.40. The lowest BCUT2D eigenvalue weighted by atomic mass is 9.87. The van der Waals surface area contributed by atoms with Gasteiger partial charge in [0.05, 0.1) is 0 Å². The van der Waals surface area contributed by atoms with Crippen molar-refractivity contribution in [2.75, 3.05) is 29.9 Å². The molecule has 162 valence electrons. The third kappa shape index (κ3) is 4.91. The molecular formula is C21H29N5O3S. The fourth-order valence-corrected chi connectivity index (χ4v) is 4.25. The van der Waals surface area contributed by atoms with Gasteiger partial charge in [-0.1, -0.05) is 32.9 Å². The number of nitrogens with one attached hydrogen (secondary N) is 1. The second-order valence-corrected chi connectivity index (χ2v) is 10.1. The maximum absolute atomic E-state index is 12.8. The number of carbonyl (C=O) groups is 1. The van der Waals surface area contributed by atoms with Crippen LogP contribution in [-0.2, 0) is 15.4 Å². The monoisotopic (exact) mass is 431 g/mol. The number of hydrogen-bond donors (Lipinski definition) is 2. The molecule has 0 bridgehead atoms. The van der Waals surface area contributed by atoms with E-state index in [4.69, 9.17) is 5.14 Å². The number of piperazine rings is 1. The molecule has 2 heterocycles. The third-order valence-electron chi connectivity index (χ3n) is 5.25. The molecule has 1 saturated heterocycles. The molecule has 2 aromatic rings. The molecule has 30 heavy (non-hydrogen) atoms. The number of nitrogens with zero attached hydrogens (tertiary/aromatic N) is 3. The molecule has 0 spiro atoms. The third-order valence-corrected chi connectivity index (χ3v) is 6.18. The number of urea groups is 1. The molecule has 9 heteroatoms. The van der Waals surface area contributed by atoms with Gasteiger partial charge in [-0.25, -0.2) is 23.3 Å². The summed E-state index contributed by atoms with van der Waals surface area (Å²) in [7, 11) is -3.88. The Hall–Kier alpha value is -2.65. The predicted molar refractivity (Wildman–Crippen MR) is 118 cm³/mol. The molecule has 1 aliphatic heterocycles. The van der Waals surface area contributed by atoms with Gasteiger partial charge < -0.3 is 15.1 Å². The van der Waals surface area contributed by atoms with E-state index in [0.29, 0.717) is 25.5 Å². The number of pyridine rings is 1. The van der Waals surface area contributed by atoms with Gasteiger partial charge in [0, 0.05) is 37.6 Å². The average Bonchev–Trinajstić information content (AvgIpc) is 2.67. The summed E-state index contributed by atoms with van der Waals surface area (Å²) >= 11 is 0. The van der Waals surface area contributed by atoms with Crippen LogP contribution < -0.4 is 15.4 Å². The van der Waals surface area contributed by atoms with Crippen LogP contribution in [0.4, 0.5) is 16.3 Å². The first-order valence-electron chi connectivity index (χ1n) is 9.88. The molecule has 0 radical (unpaired) electrons. The van der Waals surface area contributed by atoms with E-state index in [2.05, 4.69) is 31.1 Å². The Labute approximate surface area is 178 Å². The number of aromatic nitrogens is 1. The van der Waals surface area contributed by atoms with Crippen LogP contribution in [0.15, 0.2) is 47.5 Å². The van der Waals surface area contributed by atoms with Crippen LogP contribution in [0.25, 0.3) is 0 Å². The zero-order valence-electron chi connectivity index (χ0n) is 17.8. The zero-order valence-corrected chi connectivity index (χ0v) is 18.6. The van der Waals surface area contributed by atoms with E-state index in [0.717, 1.165) is 5.69 Å². The van der Waals surface area contributed by atoms with Crippen LogP contribution in [0, 0.1) is 0 Å². The minimum atomic E-state index is -3.88. The summed E-state index contributed by atoms with van der Waals surface area (Å²) in [5.74, 6) is 0.324. The van der Waals surface area contributed by atoms with E-state index >= 15 is 0 Å². The zero-order chi connectivity index (χ0) is 22.1. The fourth-order valence-electron chi connectivity index (χ4n) is 3.54. The van der Waals surface area contributed by atoms with Gasteiger partial charge in [0.2, 0.25) is 10.0 Å². The van der Waals surface area contributed by atoms with Crippen molar-refractivity contribution in [2.24, 2.45) is 5.14 Å². The molecule has 1 aliphatic rings. The highest BCUT2D eigenvalue weighted by Gasteiger charge is 2.30. The summed E-state index contributed by atoms with van der Waals surface area (Å²) in [5, 5.41) is 8.28. The van der Waals surface area contributed by atoms with E-state index in [-0.39, 0.29) is 22.4 Å². The highest BCUT2D eigenvalue weighted by Crippen LogP contribution is 2.26. The second-order valence-electron chi connectivity index (χ2n) is 8.62. The van der Waals surface area contributed by atoms with Crippen molar-refractivity contribution in [1.82, 2.24) is 9.88 Å². The summed E-state index contributed by atoms with van der Waals surface area (Å²) in [4.78, 5) is 20.6. The molecule has 3 N–H and O–H groups in total. The number of primary sulfonamides is 1. The van der Waals surface area contributed by atoms with Crippen LogP contribution in [0.5, 0.6) is 0 Å². The van der Waals surface area contributed by atoms with Gasteiger partial charge in [0.1, 0.15) is 10.7 Å². The number of anilines is 2. The molecule has 1 aromatic heterocycles. The highest BCUT2D eigenvalue weighted by molar-refractivity contribution is 7.89. The summed E-state index contributed by atoms with van der Waals surface area (Å²) in [6.07, 6.45) is 1.54. The van der Waals surface area contributed by atoms with E-state index in [9.17, 15) is 13.2 Å². The highest BCUT2D eigenvalue weighted by atomic mass is 32.2. The van der Waals surface area contributed by atoms with Gasteiger partial charge in [0.25, 0.3) is 0 Å². The van der Waals surface area contributed by atoms with Gasteiger partial charge in [-0.15, -0.1) is 0 Å². The lowest BCUT2D eigenvalue weighted by Crippen LogP contribution is -2.55. The maximum atomic E-state index is 12.8. The summed E-state index contributed by atoms with van der Waals surface area (Å²) < 4.78 is 23.8. The van der Waals surface area contributed by atoms with Crippen molar-refractivity contribution >= 4 is 27.6 Å². The summed E-state index contributed by atoms with van der Waals surface area (Å²) in [5.41, 5.74) is 1.99. The fraction of sp³-hybridized carbons (Fsp3) is 0.429. The van der Waals surface area contributed by atoms with Gasteiger partial charge in [-0.2, -0.15) is 0 Å². The lowest BCUT2D eigenvalue weighted by molar-refractivity contribution is 0.184. The van der Waals surface area contributed by atoms with E-state index in [1.807, 2.05) is 36.1 Å². The maximum Gasteiger partial charge on any atom is 0.322 e. The first-order chi connectivity index (χ1) is 14.0. The SMILES string of the molecule is CC1CN(c2ncccc2S(N)(=O)=O)CCN1C(=O)Nc1ccc(C(C)(C)C)cc1. The number of sulfonamides is 1. The molecule has 1 atom stereocenters. The molecule has 2 amide bonds. The Balaban J connectivity index is 1.68. The molecule has 1 unspecified atom stereocenters.